The summed E-state index contributed by atoms with van der Waals surface area (Å²) in [5, 5.41) is 0. The topological polar surface area (TPSA) is 12.5 Å². The molecule has 9 aromatic rings. The van der Waals surface area contributed by atoms with Gasteiger partial charge in [0, 0.05) is 22.5 Å². The normalized spacial score (nSPS) is 16.5. The number of anilines is 3. The van der Waals surface area contributed by atoms with E-state index in [9.17, 15) is 0 Å². The molecule has 0 radical (unpaired) electrons. The van der Waals surface area contributed by atoms with E-state index in [1.54, 1.807) is 5.56 Å². The van der Waals surface area contributed by atoms with Gasteiger partial charge in [0.25, 0.3) is 0 Å². The Labute approximate surface area is 421 Å². The van der Waals surface area contributed by atoms with Crippen LogP contribution in [0.25, 0.3) is 22.3 Å². The van der Waals surface area contributed by atoms with Crippen LogP contribution in [0, 0.1) is 0 Å². The first kappa shape index (κ1) is 44.8. The Bertz CT molecular complexity index is 3420. The maximum absolute atomic E-state index is 6.66. The van der Waals surface area contributed by atoms with Gasteiger partial charge in [-0.15, -0.1) is 0 Å². The average Bonchev–Trinajstić information content (AvgIpc) is 3.82. The Kier molecular flexibility index (Phi) is 11.2. The Morgan fingerprint density at radius 2 is 0.972 bits per heavy atom. The van der Waals surface area contributed by atoms with E-state index in [2.05, 4.69) is 253 Å². The van der Waals surface area contributed by atoms with Crippen LogP contribution in [0.3, 0.4) is 0 Å². The molecule has 0 aromatic heterocycles. The van der Waals surface area contributed by atoms with E-state index in [0.29, 0.717) is 17.8 Å². The van der Waals surface area contributed by atoms with Crippen LogP contribution in [-0.2, 0) is 23.7 Å². The summed E-state index contributed by atoms with van der Waals surface area (Å²) in [6.07, 6.45) is 4.76. The molecule has 0 amide bonds. The van der Waals surface area contributed by atoms with Gasteiger partial charge >= 0.3 is 0 Å². The predicted molar refractivity (Wildman–Crippen MR) is 297 cm³/mol. The lowest BCUT2D eigenvalue weighted by Crippen LogP contribution is -2.29. The minimum Gasteiger partial charge on any atom is -0.457 e. The second-order valence-corrected chi connectivity index (χ2v) is 21.3. The Balaban J connectivity index is 0.921. The van der Waals surface area contributed by atoms with Gasteiger partial charge in [-0.3, -0.25) is 0 Å². The fourth-order valence-electron chi connectivity index (χ4n) is 12.5. The van der Waals surface area contributed by atoms with Crippen molar-refractivity contribution in [3.05, 3.63) is 267 Å². The molecular weight excluding hydrogens is 859 g/mol. The van der Waals surface area contributed by atoms with E-state index in [1.165, 1.54) is 90.7 Å². The number of para-hydroxylation sites is 1. The average molecular weight is 922 g/mol. The molecule has 0 saturated heterocycles. The van der Waals surface area contributed by atoms with E-state index < -0.39 is 5.41 Å². The lowest BCUT2D eigenvalue weighted by Gasteiger charge is -2.35. The van der Waals surface area contributed by atoms with Crippen LogP contribution in [0.5, 0.6) is 11.5 Å². The van der Waals surface area contributed by atoms with Crippen molar-refractivity contribution in [3.63, 3.8) is 0 Å². The molecule has 3 atom stereocenters. The molecule has 350 valence electrons. The Morgan fingerprint density at radius 1 is 0.451 bits per heavy atom. The summed E-state index contributed by atoms with van der Waals surface area (Å²) in [4.78, 5) is 2.45. The fraction of sp³-hybridized carbons (Fsp3) is 0.217. The van der Waals surface area contributed by atoms with E-state index in [4.69, 9.17) is 4.74 Å². The van der Waals surface area contributed by atoms with E-state index >= 15 is 0 Å². The van der Waals surface area contributed by atoms with Crippen molar-refractivity contribution in [2.45, 2.75) is 95.8 Å². The maximum atomic E-state index is 6.66. The van der Waals surface area contributed by atoms with Crippen LogP contribution < -0.4 is 9.64 Å². The van der Waals surface area contributed by atoms with Gasteiger partial charge in [0.2, 0.25) is 0 Å². The standard InChI is InChI=1S/C69H63NO/c1-7-47(51-23-21-50-22-24-52(50)42-51)41-46(4)49-27-35-58(36-28-49)71-59-37-31-54(32-38-59)69(53-29-25-48(26-30-53)45(2)3)65-20-14-12-18-61(65)63-40-34-57(44-67(63)69)70(55-15-9-8-10-16-55)56-33-39-62-60-17-11-13-19-64(60)68(5,6)66(62)43-56/h8-21,23,25-40,42-47H,7,22,24,41H2,1-6H3. The molecular formula is C69H63NO. The van der Waals surface area contributed by atoms with Crippen molar-refractivity contribution in [2.24, 2.45) is 0 Å². The number of rotatable bonds is 13. The van der Waals surface area contributed by atoms with Crippen molar-refractivity contribution in [1.29, 1.82) is 0 Å². The van der Waals surface area contributed by atoms with Crippen molar-refractivity contribution >= 4 is 17.1 Å². The van der Waals surface area contributed by atoms with Crippen LogP contribution >= 0.6 is 0 Å². The highest BCUT2D eigenvalue weighted by Gasteiger charge is 2.47. The molecule has 0 bridgehead atoms. The lowest BCUT2D eigenvalue weighted by molar-refractivity contribution is 0.481. The molecule has 0 fully saturated rings. The van der Waals surface area contributed by atoms with E-state index in [1.807, 2.05) is 0 Å². The summed E-state index contributed by atoms with van der Waals surface area (Å²) in [5.41, 5.74) is 22.9. The molecule has 71 heavy (non-hydrogen) atoms. The van der Waals surface area contributed by atoms with Crippen molar-refractivity contribution in [3.8, 4) is 33.8 Å². The third kappa shape index (κ3) is 7.54. The summed E-state index contributed by atoms with van der Waals surface area (Å²) in [5.74, 6) is 3.10. The molecule has 0 aliphatic heterocycles. The van der Waals surface area contributed by atoms with Crippen LogP contribution in [0.15, 0.2) is 206 Å². The highest BCUT2D eigenvalue weighted by Crippen LogP contribution is 2.58. The molecule has 3 aliphatic carbocycles. The zero-order chi connectivity index (χ0) is 48.4. The number of aryl methyl sites for hydroxylation is 2. The Morgan fingerprint density at radius 3 is 1.59 bits per heavy atom. The number of benzene rings is 9. The van der Waals surface area contributed by atoms with Crippen LogP contribution in [0.2, 0.25) is 0 Å². The zero-order valence-corrected chi connectivity index (χ0v) is 42.0. The van der Waals surface area contributed by atoms with Gasteiger partial charge in [0.05, 0.1) is 5.41 Å². The number of hydrogen-bond donors (Lipinski definition) is 0. The molecule has 0 spiro atoms. The molecule has 9 aromatic carbocycles. The number of ether oxygens (including phenoxy) is 1. The first-order valence-electron chi connectivity index (χ1n) is 26.1. The smallest absolute Gasteiger partial charge is 0.127 e. The highest BCUT2D eigenvalue weighted by atomic mass is 16.5. The summed E-state index contributed by atoms with van der Waals surface area (Å²) in [6, 6.07) is 77.5. The summed E-state index contributed by atoms with van der Waals surface area (Å²) in [7, 11) is 0. The molecule has 0 saturated carbocycles. The summed E-state index contributed by atoms with van der Waals surface area (Å²) >= 11 is 0. The molecule has 0 N–H and O–H groups in total. The number of hydrogen-bond acceptors (Lipinski definition) is 2. The third-order valence-corrected chi connectivity index (χ3v) is 16.6. The molecule has 12 rings (SSSR count). The van der Waals surface area contributed by atoms with Gasteiger partial charge in [0.1, 0.15) is 11.5 Å². The quantitative estimate of drug-likeness (QED) is 0.114. The highest BCUT2D eigenvalue weighted by molar-refractivity contribution is 5.91. The van der Waals surface area contributed by atoms with E-state index in [0.717, 1.165) is 41.4 Å². The van der Waals surface area contributed by atoms with Crippen molar-refractivity contribution in [2.75, 3.05) is 4.90 Å². The Hall–Kier alpha value is -7.42. The summed E-state index contributed by atoms with van der Waals surface area (Å²) in [6.45, 7) is 14.0. The first-order valence-corrected chi connectivity index (χ1v) is 26.1. The zero-order valence-electron chi connectivity index (χ0n) is 42.0. The lowest BCUT2D eigenvalue weighted by atomic mass is 9.67. The van der Waals surface area contributed by atoms with Crippen LogP contribution in [0.4, 0.5) is 17.1 Å². The predicted octanol–water partition coefficient (Wildman–Crippen LogP) is 18.5. The third-order valence-electron chi connectivity index (χ3n) is 16.6. The van der Waals surface area contributed by atoms with Crippen LogP contribution in [-0.4, -0.2) is 0 Å². The SMILES string of the molecule is CCC(CC(C)c1ccc(Oc2ccc(C3(c4ccc(C(C)C)cc4)c4ccccc4-c4ccc(N(c5ccccc5)c5ccc6c(c5)C(C)(C)c5ccccc5-6)cc43)cc2)cc1)c1ccc2c(c1)CC2. The molecule has 3 unspecified atom stereocenters. The second-order valence-electron chi connectivity index (χ2n) is 21.3. The fourth-order valence-corrected chi connectivity index (χ4v) is 12.5. The summed E-state index contributed by atoms with van der Waals surface area (Å²) < 4.78 is 6.66. The van der Waals surface area contributed by atoms with Crippen molar-refractivity contribution in [1.82, 2.24) is 0 Å². The molecule has 2 heteroatoms. The number of nitrogens with zero attached hydrogens (tertiary/aromatic N) is 1. The molecule has 2 nitrogen and oxygen atoms in total. The van der Waals surface area contributed by atoms with Gasteiger partial charge in [0.15, 0.2) is 0 Å². The van der Waals surface area contributed by atoms with E-state index in [-0.39, 0.29) is 5.41 Å². The largest absolute Gasteiger partial charge is 0.457 e. The molecule has 3 aliphatic rings. The van der Waals surface area contributed by atoms with Gasteiger partial charge < -0.3 is 9.64 Å². The maximum Gasteiger partial charge on any atom is 0.127 e. The van der Waals surface area contributed by atoms with Gasteiger partial charge in [-0.1, -0.05) is 187 Å². The van der Waals surface area contributed by atoms with Gasteiger partial charge in [-0.2, -0.15) is 0 Å². The van der Waals surface area contributed by atoms with Gasteiger partial charge in [-0.05, 0) is 188 Å². The minimum absolute atomic E-state index is 0.125. The molecule has 0 heterocycles. The van der Waals surface area contributed by atoms with Crippen molar-refractivity contribution < 1.29 is 4.74 Å². The van der Waals surface area contributed by atoms with Gasteiger partial charge in [-0.25, -0.2) is 0 Å². The second kappa shape index (κ2) is 17.8. The van der Waals surface area contributed by atoms with Crippen LogP contribution in [0.1, 0.15) is 133 Å². The first-order chi connectivity index (χ1) is 34.6. The number of fused-ring (bicyclic) bond motifs is 7. The minimum atomic E-state index is -0.603. The monoisotopic (exact) mass is 921 g/mol.